The Labute approximate surface area is 149 Å². The van der Waals surface area contributed by atoms with Crippen molar-refractivity contribution in [2.45, 2.75) is 19.9 Å². The summed E-state index contributed by atoms with van der Waals surface area (Å²) >= 11 is 0. The molecule has 6 nitrogen and oxygen atoms in total. The minimum atomic E-state index is -0.0560. The van der Waals surface area contributed by atoms with Gasteiger partial charge in [0.25, 0.3) is 0 Å². The molecule has 134 valence electrons. The van der Waals surface area contributed by atoms with Gasteiger partial charge in [0.05, 0.1) is 6.54 Å². The number of nitrogens with one attached hydrogen (secondary N) is 2. The highest BCUT2D eigenvalue weighted by Gasteiger charge is 2.08. The molecule has 0 spiro atoms. The molecule has 1 aromatic carbocycles. The zero-order valence-electron chi connectivity index (χ0n) is 15.4. The third-order valence-corrected chi connectivity index (χ3v) is 3.99. The van der Waals surface area contributed by atoms with E-state index >= 15 is 0 Å². The summed E-state index contributed by atoms with van der Waals surface area (Å²) in [6.45, 7) is 3.10. The van der Waals surface area contributed by atoms with Crippen LogP contribution in [0.1, 0.15) is 18.2 Å². The van der Waals surface area contributed by atoms with Crippen LogP contribution in [-0.2, 0) is 24.8 Å². The number of carbonyl (C=O) groups excluding carboxylic acids is 1. The van der Waals surface area contributed by atoms with Gasteiger partial charge in [-0.25, -0.2) is 0 Å². The fourth-order valence-electron chi connectivity index (χ4n) is 2.64. The molecule has 0 saturated heterocycles. The van der Waals surface area contributed by atoms with Crippen molar-refractivity contribution < 1.29 is 4.79 Å². The lowest BCUT2D eigenvalue weighted by atomic mass is 10.1. The summed E-state index contributed by atoms with van der Waals surface area (Å²) in [7, 11) is 5.88. The summed E-state index contributed by atoms with van der Waals surface area (Å²) in [5.41, 5.74) is 3.27. The van der Waals surface area contributed by atoms with Gasteiger partial charge in [0.2, 0.25) is 5.91 Å². The Bertz CT molecular complexity index is 718. The quantitative estimate of drug-likeness (QED) is 0.626. The fraction of sp³-hybridized carbons (Fsp3) is 0.368. The molecule has 0 radical (unpaired) electrons. The van der Waals surface area contributed by atoms with Crippen molar-refractivity contribution in [3.63, 3.8) is 0 Å². The molecule has 2 aromatic rings. The minimum absolute atomic E-state index is 0.0560. The molecule has 1 heterocycles. The number of hydrogen-bond donors (Lipinski definition) is 2. The van der Waals surface area contributed by atoms with Crippen LogP contribution in [0, 0.1) is 0 Å². The van der Waals surface area contributed by atoms with Crippen molar-refractivity contribution in [3.8, 4) is 0 Å². The van der Waals surface area contributed by atoms with E-state index < -0.39 is 0 Å². The molecule has 6 heteroatoms. The molecule has 0 bridgehead atoms. The van der Waals surface area contributed by atoms with E-state index in [-0.39, 0.29) is 5.91 Å². The zero-order chi connectivity index (χ0) is 18.2. The van der Waals surface area contributed by atoms with Crippen LogP contribution in [0.4, 0.5) is 5.69 Å². The van der Waals surface area contributed by atoms with Gasteiger partial charge < -0.3 is 20.1 Å². The number of aliphatic imine (C=N–C) groups is 1. The van der Waals surface area contributed by atoms with Crippen molar-refractivity contribution in [1.29, 1.82) is 0 Å². The molecule has 0 fully saturated rings. The van der Waals surface area contributed by atoms with E-state index in [9.17, 15) is 4.79 Å². The number of amides is 1. The zero-order valence-corrected chi connectivity index (χ0v) is 15.4. The predicted octanol–water partition coefficient (Wildman–Crippen LogP) is 2.23. The van der Waals surface area contributed by atoms with Crippen LogP contribution < -0.4 is 10.6 Å². The topological polar surface area (TPSA) is 61.7 Å². The van der Waals surface area contributed by atoms with Gasteiger partial charge >= 0.3 is 0 Å². The Morgan fingerprint density at radius 1 is 1.24 bits per heavy atom. The largest absolute Gasteiger partial charge is 0.356 e. The molecule has 0 unspecified atom stereocenters. The SMILES string of the molecule is CN=C(NCCc1ccc(NC(C)=O)cc1)N(C)Cc1cccn1C. The van der Waals surface area contributed by atoms with Gasteiger partial charge in [0.15, 0.2) is 5.96 Å². The molecule has 2 N–H and O–H groups in total. The number of nitrogens with zero attached hydrogens (tertiary/aromatic N) is 3. The second-order valence-electron chi connectivity index (χ2n) is 6.07. The van der Waals surface area contributed by atoms with Crippen molar-refractivity contribution in [1.82, 2.24) is 14.8 Å². The third-order valence-electron chi connectivity index (χ3n) is 3.99. The van der Waals surface area contributed by atoms with Crippen molar-refractivity contribution in [2.24, 2.45) is 12.0 Å². The Kier molecular flexibility index (Phi) is 6.62. The van der Waals surface area contributed by atoms with E-state index in [0.717, 1.165) is 31.2 Å². The fourth-order valence-corrected chi connectivity index (χ4v) is 2.64. The first kappa shape index (κ1) is 18.6. The minimum Gasteiger partial charge on any atom is -0.356 e. The first-order valence-corrected chi connectivity index (χ1v) is 8.38. The van der Waals surface area contributed by atoms with Gasteiger partial charge in [-0.2, -0.15) is 0 Å². The van der Waals surface area contributed by atoms with Gasteiger partial charge in [0, 0.05) is 52.2 Å². The van der Waals surface area contributed by atoms with Gasteiger partial charge in [-0.05, 0) is 36.2 Å². The number of benzene rings is 1. The monoisotopic (exact) mass is 341 g/mol. The van der Waals surface area contributed by atoms with Crippen LogP contribution >= 0.6 is 0 Å². The number of anilines is 1. The van der Waals surface area contributed by atoms with E-state index in [1.807, 2.05) is 50.6 Å². The van der Waals surface area contributed by atoms with Crippen molar-refractivity contribution in [2.75, 3.05) is 26.0 Å². The van der Waals surface area contributed by atoms with Crippen LogP contribution in [-0.4, -0.2) is 42.0 Å². The van der Waals surface area contributed by atoms with Crippen LogP contribution in [0.3, 0.4) is 0 Å². The van der Waals surface area contributed by atoms with E-state index in [1.165, 1.54) is 18.2 Å². The van der Waals surface area contributed by atoms with E-state index in [1.54, 1.807) is 7.05 Å². The lowest BCUT2D eigenvalue weighted by Gasteiger charge is -2.22. The molecule has 0 saturated carbocycles. The lowest BCUT2D eigenvalue weighted by molar-refractivity contribution is -0.114. The molecule has 2 rings (SSSR count). The van der Waals surface area contributed by atoms with E-state index in [2.05, 4.69) is 31.2 Å². The third kappa shape index (κ3) is 5.67. The average molecular weight is 341 g/mol. The van der Waals surface area contributed by atoms with Crippen molar-refractivity contribution >= 4 is 17.6 Å². The summed E-state index contributed by atoms with van der Waals surface area (Å²) < 4.78 is 2.11. The van der Waals surface area contributed by atoms with Crippen molar-refractivity contribution in [3.05, 3.63) is 53.9 Å². The van der Waals surface area contributed by atoms with Gasteiger partial charge in [-0.15, -0.1) is 0 Å². The predicted molar refractivity (Wildman–Crippen MR) is 103 cm³/mol. The second-order valence-corrected chi connectivity index (χ2v) is 6.07. The number of carbonyl (C=O) groups is 1. The number of hydrogen-bond acceptors (Lipinski definition) is 2. The Morgan fingerprint density at radius 2 is 1.96 bits per heavy atom. The first-order valence-electron chi connectivity index (χ1n) is 8.38. The summed E-state index contributed by atoms with van der Waals surface area (Å²) in [4.78, 5) is 17.5. The molecular formula is C19H27N5O. The van der Waals surface area contributed by atoms with Crippen LogP contribution in [0.15, 0.2) is 47.6 Å². The Hall–Kier alpha value is -2.76. The number of guanidine groups is 1. The van der Waals surface area contributed by atoms with Crippen LogP contribution in [0.25, 0.3) is 0 Å². The Morgan fingerprint density at radius 3 is 2.52 bits per heavy atom. The molecule has 1 aromatic heterocycles. The Balaban J connectivity index is 1.82. The summed E-state index contributed by atoms with van der Waals surface area (Å²) in [6.07, 6.45) is 2.93. The highest BCUT2D eigenvalue weighted by molar-refractivity contribution is 5.88. The highest BCUT2D eigenvalue weighted by atomic mass is 16.1. The number of rotatable bonds is 6. The van der Waals surface area contributed by atoms with Gasteiger partial charge in [-0.1, -0.05) is 12.1 Å². The smallest absolute Gasteiger partial charge is 0.221 e. The molecule has 25 heavy (non-hydrogen) atoms. The van der Waals surface area contributed by atoms with Gasteiger partial charge in [-0.3, -0.25) is 9.79 Å². The molecule has 0 aliphatic carbocycles. The van der Waals surface area contributed by atoms with Crippen LogP contribution in [0.5, 0.6) is 0 Å². The molecule has 0 atom stereocenters. The lowest BCUT2D eigenvalue weighted by Crippen LogP contribution is -2.39. The molecule has 1 amide bonds. The van der Waals surface area contributed by atoms with Gasteiger partial charge in [0.1, 0.15) is 0 Å². The van der Waals surface area contributed by atoms with E-state index in [0.29, 0.717) is 0 Å². The van der Waals surface area contributed by atoms with E-state index in [4.69, 9.17) is 0 Å². The average Bonchev–Trinajstić information content (AvgIpc) is 2.97. The molecular weight excluding hydrogens is 314 g/mol. The molecule has 0 aliphatic rings. The first-order chi connectivity index (χ1) is 12.0. The standard InChI is InChI=1S/C19H27N5O/c1-15(25)22-17-9-7-16(8-10-17)11-12-21-19(20-2)24(4)14-18-6-5-13-23(18)3/h5-10,13H,11-12,14H2,1-4H3,(H,20,21)(H,22,25). The second kappa shape index (κ2) is 8.92. The highest BCUT2D eigenvalue weighted by Crippen LogP contribution is 2.10. The number of aromatic nitrogens is 1. The molecule has 0 aliphatic heterocycles. The number of aryl methyl sites for hydroxylation is 1. The van der Waals surface area contributed by atoms with Crippen LogP contribution in [0.2, 0.25) is 0 Å². The summed E-state index contributed by atoms with van der Waals surface area (Å²) in [6, 6.07) is 12.1. The maximum Gasteiger partial charge on any atom is 0.221 e. The summed E-state index contributed by atoms with van der Waals surface area (Å²) in [5, 5.41) is 6.17. The normalized spacial score (nSPS) is 11.3. The summed E-state index contributed by atoms with van der Waals surface area (Å²) in [5.74, 6) is 0.815. The maximum absolute atomic E-state index is 11.0. The maximum atomic E-state index is 11.0.